The maximum Gasteiger partial charge on any atom is 0.273 e. The third kappa shape index (κ3) is 5.99. The van der Waals surface area contributed by atoms with Gasteiger partial charge >= 0.3 is 0 Å². The van der Waals surface area contributed by atoms with E-state index in [9.17, 15) is 9.59 Å². The van der Waals surface area contributed by atoms with Gasteiger partial charge in [0.15, 0.2) is 5.82 Å². The highest BCUT2D eigenvalue weighted by atomic mass is 16.5. The van der Waals surface area contributed by atoms with Gasteiger partial charge < -0.3 is 15.0 Å². The Balaban J connectivity index is 1.63. The zero-order valence-electron chi connectivity index (χ0n) is 20.3. The first kappa shape index (κ1) is 24.3. The predicted octanol–water partition coefficient (Wildman–Crippen LogP) is 3.24. The highest BCUT2D eigenvalue weighted by molar-refractivity contribution is 6.19. The van der Waals surface area contributed by atoms with Crippen LogP contribution in [0.3, 0.4) is 0 Å². The smallest absolute Gasteiger partial charge is 0.273 e. The number of nitrogens with one attached hydrogen (secondary N) is 1. The summed E-state index contributed by atoms with van der Waals surface area (Å²) in [7, 11) is 0. The van der Waals surface area contributed by atoms with Gasteiger partial charge in [-0.15, -0.1) is 5.10 Å². The third-order valence-corrected chi connectivity index (χ3v) is 6.12. The molecule has 2 heterocycles. The van der Waals surface area contributed by atoms with Crippen LogP contribution in [0.25, 0.3) is 11.8 Å². The Morgan fingerprint density at radius 2 is 1.94 bits per heavy atom. The van der Waals surface area contributed by atoms with Crippen LogP contribution in [0, 0.1) is 20.8 Å². The van der Waals surface area contributed by atoms with Crippen molar-refractivity contribution in [2.24, 2.45) is 0 Å². The number of amides is 2. The van der Waals surface area contributed by atoms with Crippen LogP contribution >= 0.6 is 0 Å². The molecule has 4 rings (SSSR count). The van der Waals surface area contributed by atoms with Crippen molar-refractivity contribution < 1.29 is 14.3 Å². The molecule has 9 heteroatoms. The Labute approximate surface area is 204 Å². The van der Waals surface area contributed by atoms with Crippen molar-refractivity contribution in [1.29, 1.82) is 0 Å². The van der Waals surface area contributed by atoms with Gasteiger partial charge in [-0.25, -0.2) is 0 Å². The summed E-state index contributed by atoms with van der Waals surface area (Å²) in [6.45, 7) is 6.50. The Bertz CT molecular complexity index is 1210. The molecule has 0 spiro atoms. The Morgan fingerprint density at radius 1 is 1.14 bits per heavy atom. The van der Waals surface area contributed by atoms with E-state index >= 15 is 0 Å². The lowest BCUT2D eigenvalue weighted by Crippen LogP contribution is -2.43. The SMILES string of the molecule is Cc1cccc(NC(=O)CN(C[C@@H]2CCCO2)C(=O)/C(=C/c2ccccc2)n2nnnc2C)c1C. The molecule has 9 nitrogen and oxygen atoms in total. The molecule has 0 bridgehead atoms. The second-order valence-electron chi connectivity index (χ2n) is 8.69. The fourth-order valence-corrected chi connectivity index (χ4v) is 4.04. The van der Waals surface area contributed by atoms with E-state index in [2.05, 4.69) is 20.8 Å². The number of ether oxygens (including phenoxy) is 1. The maximum absolute atomic E-state index is 13.9. The molecule has 182 valence electrons. The fraction of sp³-hybridized carbons (Fsp3) is 0.346. The summed E-state index contributed by atoms with van der Waals surface area (Å²) in [4.78, 5) is 28.5. The normalized spacial score (nSPS) is 15.7. The average molecular weight is 475 g/mol. The molecular formula is C26H30N6O3. The number of aryl methyl sites for hydroxylation is 2. The van der Waals surface area contributed by atoms with E-state index in [0.717, 1.165) is 35.2 Å². The summed E-state index contributed by atoms with van der Waals surface area (Å²) in [5.74, 6) is -0.161. The number of hydrogen-bond donors (Lipinski definition) is 1. The van der Waals surface area contributed by atoms with Crippen LogP contribution < -0.4 is 5.32 Å². The number of tetrazole rings is 1. The van der Waals surface area contributed by atoms with Gasteiger partial charge in [-0.05, 0) is 72.9 Å². The van der Waals surface area contributed by atoms with E-state index in [-0.39, 0.29) is 30.2 Å². The maximum atomic E-state index is 13.9. The molecule has 1 aromatic heterocycles. The Kier molecular flexibility index (Phi) is 7.67. The molecule has 1 fully saturated rings. The van der Waals surface area contributed by atoms with Crippen molar-refractivity contribution in [2.75, 3.05) is 25.0 Å². The fourth-order valence-electron chi connectivity index (χ4n) is 4.04. The first-order chi connectivity index (χ1) is 16.9. The quantitative estimate of drug-likeness (QED) is 0.503. The number of hydrogen-bond acceptors (Lipinski definition) is 6. The monoisotopic (exact) mass is 474 g/mol. The number of nitrogens with zero attached hydrogens (tertiary/aromatic N) is 5. The number of benzene rings is 2. The minimum absolute atomic E-state index is 0.125. The standard InChI is InChI=1S/C26H30N6O3/c1-18-9-7-13-23(19(18)2)27-25(33)17-31(16-22-12-8-14-35-22)26(34)24(32-20(3)28-29-30-32)15-21-10-5-4-6-11-21/h4-7,9-11,13,15,22H,8,12,14,16-17H2,1-3H3,(H,27,33)/b24-15-/t22-/m0/s1. The molecule has 1 aliphatic heterocycles. The Hall–Kier alpha value is -3.85. The van der Waals surface area contributed by atoms with E-state index in [1.807, 2.05) is 62.4 Å². The predicted molar refractivity (Wildman–Crippen MR) is 133 cm³/mol. The Morgan fingerprint density at radius 3 is 2.63 bits per heavy atom. The van der Waals surface area contributed by atoms with Crippen molar-refractivity contribution >= 4 is 29.3 Å². The van der Waals surface area contributed by atoms with Crippen LogP contribution in [-0.2, 0) is 14.3 Å². The molecule has 1 saturated heterocycles. The minimum atomic E-state index is -0.351. The van der Waals surface area contributed by atoms with Gasteiger partial charge in [0, 0.05) is 18.8 Å². The summed E-state index contributed by atoms with van der Waals surface area (Å²) < 4.78 is 7.19. The number of rotatable bonds is 8. The first-order valence-corrected chi connectivity index (χ1v) is 11.7. The van der Waals surface area contributed by atoms with Gasteiger partial charge in [0.25, 0.3) is 5.91 Å². The molecular weight excluding hydrogens is 444 g/mol. The highest BCUT2D eigenvalue weighted by Crippen LogP contribution is 2.20. The lowest BCUT2D eigenvalue weighted by molar-refractivity contribution is -0.131. The van der Waals surface area contributed by atoms with Gasteiger partial charge in [0.05, 0.1) is 6.10 Å². The van der Waals surface area contributed by atoms with Crippen LogP contribution in [0.1, 0.15) is 35.4 Å². The number of anilines is 1. The highest BCUT2D eigenvalue weighted by Gasteiger charge is 2.28. The van der Waals surface area contributed by atoms with Crippen LogP contribution in [0.4, 0.5) is 5.69 Å². The van der Waals surface area contributed by atoms with Crippen molar-refractivity contribution in [1.82, 2.24) is 25.1 Å². The van der Waals surface area contributed by atoms with E-state index in [1.54, 1.807) is 13.0 Å². The first-order valence-electron chi connectivity index (χ1n) is 11.7. The molecule has 2 amide bonds. The molecule has 3 aromatic rings. The van der Waals surface area contributed by atoms with Gasteiger partial charge in [-0.1, -0.05) is 42.5 Å². The average Bonchev–Trinajstić information content (AvgIpc) is 3.52. The molecule has 1 atom stereocenters. The van der Waals surface area contributed by atoms with Crippen molar-refractivity contribution in [2.45, 2.75) is 39.7 Å². The summed E-state index contributed by atoms with van der Waals surface area (Å²) in [6, 6.07) is 15.2. The molecule has 2 aromatic carbocycles. The molecule has 0 unspecified atom stereocenters. The molecule has 0 aliphatic carbocycles. The summed E-state index contributed by atoms with van der Waals surface area (Å²) >= 11 is 0. The number of aromatic nitrogens is 4. The van der Waals surface area contributed by atoms with Crippen LogP contribution in [0.2, 0.25) is 0 Å². The van der Waals surface area contributed by atoms with Gasteiger partial charge in [-0.3, -0.25) is 9.59 Å². The zero-order chi connectivity index (χ0) is 24.8. The second kappa shape index (κ2) is 11.1. The molecule has 1 aliphatic rings. The van der Waals surface area contributed by atoms with Gasteiger partial charge in [0.2, 0.25) is 5.91 Å². The van der Waals surface area contributed by atoms with Crippen molar-refractivity contribution in [3.8, 4) is 0 Å². The van der Waals surface area contributed by atoms with E-state index in [0.29, 0.717) is 19.0 Å². The van der Waals surface area contributed by atoms with E-state index in [1.165, 1.54) is 9.58 Å². The zero-order valence-corrected chi connectivity index (χ0v) is 20.3. The summed E-state index contributed by atoms with van der Waals surface area (Å²) in [6.07, 6.45) is 3.38. The molecule has 35 heavy (non-hydrogen) atoms. The van der Waals surface area contributed by atoms with Crippen LogP contribution in [-0.4, -0.2) is 62.7 Å². The lowest BCUT2D eigenvalue weighted by Gasteiger charge is -2.26. The van der Waals surface area contributed by atoms with Gasteiger partial charge in [-0.2, -0.15) is 4.68 Å². The topological polar surface area (TPSA) is 102 Å². The number of carbonyl (C=O) groups is 2. The molecule has 0 radical (unpaired) electrons. The van der Waals surface area contributed by atoms with Crippen molar-refractivity contribution in [3.05, 3.63) is 71.0 Å². The second-order valence-corrected chi connectivity index (χ2v) is 8.69. The summed E-state index contributed by atoms with van der Waals surface area (Å²) in [5, 5.41) is 14.6. The minimum Gasteiger partial charge on any atom is -0.376 e. The summed E-state index contributed by atoms with van der Waals surface area (Å²) in [5.41, 5.74) is 3.89. The molecule has 1 N–H and O–H groups in total. The van der Waals surface area contributed by atoms with Gasteiger partial charge in [0.1, 0.15) is 12.2 Å². The van der Waals surface area contributed by atoms with Crippen molar-refractivity contribution in [3.63, 3.8) is 0 Å². The van der Waals surface area contributed by atoms with E-state index in [4.69, 9.17) is 4.74 Å². The lowest BCUT2D eigenvalue weighted by atomic mass is 10.1. The number of carbonyl (C=O) groups excluding carboxylic acids is 2. The van der Waals surface area contributed by atoms with Crippen LogP contribution in [0.5, 0.6) is 0 Å². The van der Waals surface area contributed by atoms with E-state index < -0.39 is 0 Å². The van der Waals surface area contributed by atoms with Crippen LogP contribution in [0.15, 0.2) is 48.5 Å². The third-order valence-electron chi connectivity index (χ3n) is 6.12. The largest absolute Gasteiger partial charge is 0.376 e. The molecule has 0 saturated carbocycles.